The molecule has 0 bridgehead atoms. The fourth-order valence-corrected chi connectivity index (χ4v) is 0.819. The Hall–Kier alpha value is -1.25. The van der Waals surface area contributed by atoms with Gasteiger partial charge in [0.25, 0.3) is 0 Å². The lowest BCUT2D eigenvalue weighted by molar-refractivity contribution is 0.170. The smallest absolute Gasteiger partial charge is 0.165 e. The zero-order valence-electron chi connectivity index (χ0n) is 4.82. The molecule has 0 fully saturated rings. The van der Waals surface area contributed by atoms with E-state index >= 15 is 0 Å². The van der Waals surface area contributed by atoms with Gasteiger partial charge in [-0.3, -0.25) is 4.57 Å². The Balaban J connectivity index is 2.53. The number of ether oxygens (including phenoxy) is 1. The number of hydrogen-bond acceptors (Lipinski definition) is 2. The van der Waals surface area contributed by atoms with E-state index in [0.717, 1.165) is 5.69 Å². The first-order valence-corrected chi connectivity index (χ1v) is 2.75. The first-order chi connectivity index (χ1) is 4.47. The topological polar surface area (TPSA) is 27.1 Å². The first-order valence-electron chi connectivity index (χ1n) is 2.75. The average Bonchev–Trinajstić information content (AvgIpc) is 2.33. The molecular weight excluding hydrogens is 116 g/mol. The molecule has 9 heavy (non-hydrogen) atoms. The van der Waals surface area contributed by atoms with E-state index in [-0.39, 0.29) is 0 Å². The second kappa shape index (κ2) is 1.62. The van der Waals surface area contributed by atoms with Gasteiger partial charge in [0.2, 0.25) is 0 Å². The van der Waals surface area contributed by atoms with Crippen molar-refractivity contribution in [2.75, 3.05) is 0 Å². The van der Waals surface area contributed by atoms with Crippen LogP contribution in [0.25, 0.3) is 6.08 Å². The van der Waals surface area contributed by atoms with Crippen molar-refractivity contribution in [3.8, 4) is 0 Å². The van der Waals surface area contributed by atoms with Crippen LogP contribution in [-0.4, -0.2) is 9.55 Å². The summed E-state index contributed by atoms with van der Waals surface area (Å²) in [5.74, 6) is 0. The minimum Gasteiger partial charge on any atom is -0.480 e. The second-order valence-corrected chi connectivity index (χ2v) is 1.89. The van der Waals surface area contributed by atoms with Crippen molar-refractivity contribution in [3.05, 3.63) is 24.5 Å². The highest BCUT2D eigenvalue weighted by atomic mass is 16.5. The highest BCUT2D eigenvalue weighted by Crippen LogP contribution is 2.06. The quantitative estimate of drug-likeness (QED) is 0.510. The number of rotatable bonds is 0. The third kappa shape index (κ3) is 0.614. The molecule has 1 aliphatic heterocycles. The van der Waals surface area contributed by atoms with Crippen LogP contribution < -0.4 is 0 Å². The third-order valence-corrected chi connectivity index (χ3v) is 1.29. The minimum atomic E-state index is 0.589. The molecule has 3 nitrogen and oxygen atoms in total. The monoisotopic (exact) mass is 122 g/mol. The van der Waals surface area contributed by atoms with E-state index in [0.29, 0.717) is 6.73 Å². The summed E-state index contributed by atoms with van der Waals surface area (Å²) in [4.78, 5) is 3.94. The summed E-state index contributed by atoms with van der Waals surface area (Å²) in [7, 11) is 0. The largest absolute Gasteiger partial charge is 0.480 e. The van der Waals surface area contributed by atoms with Crippen molar-refractivity contribution >= 4 is 6.08 Å². The number of aromatic nitrogens is 2. The number of hydrogen-bond donors (Lipinski definition) is 0. The molecule has 46 valence electrons. The Morgan fingerprint density at radius 1 is 1.67 bits per heavy atom. The molecule has 1 aliphatic rings. The Morgan fingerprint density at radius 2 is 2.67 bits per heavy atom. The number of fused-ring (bicyclic) bond motifs is 1. The second-order valence-electron chi connectivity index (χ2n) is 1.89. The molecule has 0 aromatic carbocycles. The molecule has 0 N–H and O–H groups in total. The van der Waals surface area contributed by atoms with Gasteiger partial charge in [-0.05, 0) is 6.08 Å². The van der Waals surface area contributed by atoms with Gasteiger partial charge in [0.1, 0.15) is 0 Å². The zero-order valence-corrected chi connectivity index (χ0v) is 4.82. The van der Waals surface area contributed by atoms with Crippen LogP contribution in [0.15, 0.2) is 18.8 Å². The number of nitrogens with zero attached hydrogens (tertiary/aromatic N) is 2. The van der Waals surface area contributed by atoms with Crippen LogP contribution in [0.3, 0.4) is 0 Å². The van der Waals surface area contributed by atoms with Crippen molar-refractivity contribution in [2.45, 2.75) is 6.73 Å². The Bertz CT molecular complexity index is 239. The van der Waals surface area contributed by atoms with Gasteiger partial charge in [0.05, 0.1) is 24.5 Å². The minimum absolute atomic E-state index is 0.589. The van der Waals surface area contributed by atoms with Crippen LogP contribution in [0, 0.1) is 0 Å². The van der Waals surface area contributed by atoms with Gasteiger partial charge < -0.3 is 4.74 Å². The molecule has 1 aromatic heterocycles. The molecule has 2 heterocycles. The van der Waals surface area contributed by atoms with Gasteiger partial charge >= 0.3 is 0 Å². The van der Waals surface area contributed by atoms with Crippen LogP contribution in [0.4, 0.5) is 0 Å². The summed E-state index contributed by atoms with van der Waals surface area (Å²) in [6.07, 6.45) is 7.12. The summed E-state index contributed by atoms with van der Waals surface area (Å²) in [5, 5.41) is 0. The SMILES string of the molecule is C1=Cc2cncn2CO1. The average molecular weight is 122 g/mol. The summed E-state index contributed by atoms with van der Waals surface area (Å²) in [6.45, 7) is 0.589. The summed E-state index contributed by atoms with van der Waals surface area (Å²) >= 11 is 0. The van der Waals surface area contributed by atoms with Crippen molar-refractivity contribution in [2.24, 2.45) is 0 Å². The Kier molecular flexibility index (Phi) is 0.828. The molecule has 0 amide bonds. The normalized spacial score (nSPS) is 14.7. The van der Waals surface area contributed by atoms with E-state index < -0.39 is 0 Å². The van der Waals surface area contributed by atoms with Crippen LogP contribution in [0.1, 0.15) is 5.69 Å². The van der Waals surface area contributed by atoms with Gasteiger partial charge in [0.15, 0.2) is 6.73 Å². The molecule has 0 spiro atoms. The van der Waals surface area contributed by atoms with Crippen LogP contribution in [0.5, 0.6) is 0 Å². The highest BCUT2D eigenvalue weighted by Gasteiger charge is 2.00. The summed E-state index contributed by atoms with van der Waals surface area (Å²) in [6, 6.07) is 0. The van der Waals surface area contributed by atoms with Crippen molar-refractivity contribution in [3.63, 3.8) is 0 Å². The van der Waals surface area contributed by atoms with Gasteiger partial charge in [-0.15, -0.1) is 0 Å². The van der Waals surface area contributed by atoms with Crippen LogP contribution in [-0.2, 0) is 11.5 Å². The predicted octanol–water partition coefficient (Wildman–Crippen LogP) is 0.841. The zero-order chi connectivity index (χ0) is 6.10. The van der Waals surface area contributed by atoms with Gasteiger partial charge in [-0.2, -0.15) is 0 Å². The van der Waals surface area contributed by atoms with E-state index in [1.165, 1.54) is 0 Å². The predicted molar refractivity (Wildman–Crippen MR) is 32.3 cm³/mol. The van der Waals surface area contributed by atoms with Gasteiger partial charge in [-0.1, -0.05) is 0 Å². The molecule has 3 heteroatoms. The lowest BCUT2D eigenvalue weighted by Gasteiger charge is -2.08. The standard InChI is InChI=1S/C6H6N2O/c1-2-9-5-8-4-7-3-6(1)8/h1-4H,5H2. The van der Waals surface area contributed by atoms with Gasteiger partial charge in [-0.25, -0.2) is 4.98 Å². The fraction of sp³-hybridized carbons (Fsp3) is 0.167. The van der Waals surface area contributed by atoms with E-state index in [1.54, 1.807) is 18.8 Å². The van der Waals surface area contributed by atoms with Crippen molar-refractivity contribution in [1.29, 1.82) is 0 Å². The maximum Gasteiger partial charge on any atom is 0.165 e. The van der Waals surface area contributed by atoms with Crippen LogP contribution in [0.2, 0.25) is 0 Å². The molecular formula is C6H6N2O. The third-order valence-electron chi connectivity index (χ3n) is 1.29. The molecule has 0 atom stereocenters. The van der Waals surface area contributed by atoms with Crippen molar-refractivity contribution in [1.82, 2.24) is 9.55 Å². The maximum absolute atomic E-state index is 5.00. The van der Waals surface area contributed by atoms with E-state index in [2.05, 4.69) is 4.98 Å². The number of imidazole rings is 1. The summed E-state index contributed by atoms with van der Waals surface area (Å²) < 4.78 is 6.93. The van der Waals surface area contributed by atoms with Gasteiger partial charge in [0, 0.05) is 0 Å². The highest BCUT2D eigenvalue weighted by molar-refractivity contribution is 5.43. The Labute approximate surface area is 52.6 Å². The first kappa shape index (κ1) is 4.61. The van der Waals surface area contributed by atoms with Crippen molar-refractivity contribution < 1.29 is 4.74 Å². The van der Waals surface area contributed by atoms with E-state index in [4.69, 9.17) is 4.74 Å². The summed E-state index contributed by atoms with van der Waals surface area (Å²) in [5.41, 5.74) is 1.10. The fourth-order valence-electron chi connectivity index (χ4n) is 0.819. The molecule has 1 aromatic rings. The molecule has 0 radical (unpaired) electrons. The molecule has 0 aliphatic carbocycles. The lowest BCUT2D eigenvalue weighted by Crippen LogP contribution is -2.02. The van der Waals surface area contributed by atoms with E-state index in [1.807, 2.05) is 10.6 Å². The molecule has 0 saturated heterocycles. The molecule has 2 rings (SSSR count). The van der Waals surface area contributed by atoms with Crippen LogP contribution >= 0.6 is 0 Å². The lowest BCUT2D eigenvalue weighted by atomic mass is 10.4. The maximum atomic E-state index is 5.00. The molecule has 0 unspecified atom stereocenters. The molecule has 0 saturated carbocycles. The van der Waals surface area contributed by atoms with E-state index in [9.17, 15) is 0 Å². The Morgan fingerprint density at radius 3 is 3.56 bits per heavy atom.